The van der Waals surface area contributed by atoms with E-state index in [0.29, 0.717) is 5.69 Å². The maximum Gasteiger partial charge on any atom is 0.275 e. The molecule has 128 valence electrons. The summed E-state index contributed by atoms with van der Waals surface area (Å²) in [5, 5.41) is 2.88. The normalized spacial score (nSPS) is 10.5. The van der Waals surface area contributed by atoms with Crippen LogP contribution < -0.4 is 10.2 Å². The maximum absolute atomic E-state index is 12.3. The van der Waals surface area contributed by atoms with Gasteiger partial charge in [0.15, 0.2) is 0 Å². The van der Waals surface area contributed by atoms with Crippen LogP contribution in [0.5, 0.6) is 0 Å². The van der Waals surface area contributed by atoms with E-state index in [2.05, 4.69) is 40.1 Å². The Bertz CT molecular complexity index is 656. The van der Waals surface area contributed by atoms with Gasteiger partial charge in [-0.2, -0.15) is 0 Å². The summed E-state index contributed by atoms with van der Waals surface area (Å²) in [6.45, 7) is 10.2. The van der Waals surface area contributed by atoms with Crippen LogP contribution in [0.15, 0.2) is 30.6 Å². The van der Waals surface area contributed by atoms with Crippen molar-refractivity contribution in [1.82, 2.24) is 9.97 Å². The summed E-state index contributed by atoms with van der Waals surface area (Å²) in [5.74, 6) is 0.582. The van der Waals surface area contributed by atoms with Crippen molar-refractivity contribution in [3.05, 3.63) is 47.4 Å². The Labute approximate surface area is 144 Å². The number of hydrogen-bond donors (Lipinski definition) is 1. The smallest absolute Gasteiger partial charge is 0.275 e. The molecule has 2 rings (SSSR count). The van der Waals surface area contributed by atoms with Crippen molar-refractivity contribution >= 4 is 17.4 Å². The zero-order chi connectivity index (χ0) is 17.5. The Hall–Kier alpha value is -2.43. The van der Waals surface area contributed by atoms with Crippen LogP contribution >= 0.6 is 0 Å². The molecule has 1 heterocycles. The van der Waals surface area contributed by atoms with Crippen LogP contribution in [-0.4, -0.2) is 29.0 Å². The minimum atomic E-state index is -0.239. The highest BCUT2D eigenvalue weighted by atomic mass is 16.1. The molecule has 0 atom stereocenters. The van der Waals surface area contributed by atoms with Gasteiger partial charge >= 0.3 is 0 Å². The van der Waals surface area contributed by atoms with Gasteiger partial charge in [0.25, 0.3) is 5.91 Å². The first-order chi connectivity index (χ1) is 11.5. The molecular formula is C19H26N4O. The van der Waals surface area contributed by atoms with Gasteiger partial charge in [0.05, 0.1) is 12.4 Å². The Balaban J connectivity index is 2.10. The largest absolute Gasteiger partial charge is 0.355 e. The summed E-state index contributed by atoms with van der Waals surface area (Å²) in [7, 11) is 0. The van der Waals surface area contributed by atoms with Crippen molar-refractivity contribution in [1.29, 1.82) is 0 Å². The van der Waals surface area contributed by atoms with E-state index in [1.165, 1.54) is 0 Å². The average Bonchev–Trinajstić information content (AvgIpc) is 2.54. The first kappa shape index (κ1) is 17.9. The van der Waals surface area contributed by atoms with Gasteiger partial charge in [-0.1, -0.05) is 19.9 Å². The molecule has 24 heavy (non-hydrogen) atoms. The minimum absolute atomic E-state index is 0.239. The first-order valence-electron chi connectivity index (χ1n) is 8.50. The summed E-state index contributed by atoms with van der Waals surface area (Å²) in [6.07, 6.45) is 5.33. The average molecular weight is 326 g/mol. The van der Waals surface area contributed by atoms with Crippen molar-refractivity contribution in [2.24, 2.45) is 0 Å². The molecule has 2 aromatic rings. The third-order valence-corrected chi connectivity index (χ3v) is 3.66. The molecule has 0 radical (unpaired) electrons. The van der Waals surface area contributed by atoms with E-state index in [0.717, 1.165) is 48.6 Å². The van der Waals surface area contributed by atoms with Crippen LogP contribution in [-0.2, 0) is 0 Å². The number of carbonyl (C=O) groups is 1. The van der Waals surface area contributed by atoms with Crippen LogP contribution in [0.25, 0.3) is 0 Å². The minimum Gasteiger partial charge on any atom is -0.355 e. The third-order valence-electron chi connectivity index (χ3n) is 3.66. The molecule has 1 N–H and O–H groups in total. The number of benzene rings is 1. The number of nitrogens with one attached hydrogen (secondary N) is 1. The van der Waals surface area contributed by atoms with Gasteiger partial charge in [0.1, 0.15) is 11.5 Å². The monoisotopic (exact) mass is 326 g/mol. The Morgan fingerprint density at radius 1 is 1.00 bits per heavy atom. The SMILES string of the molecule is CCCN(CCC)c1cnc(C(=O)Nc2cc(C)cc(C)c2)cn1. The van der Waals surface area contributed by atoms with E-state index in [4.69, 9.17) is 0 Å². The molecule has 0 saturated heterocycles. The molecule has 0 aliphatic carbocycles. The van der Waals surface area contributed by atoms with Crippen LogP contribution in [0.1, 0.15) is 48.3 Å². The molecular weight excluding hydrogens is 300 g/mol. The maximum atomic E-state index is 12.3. The lowest BCUT2D eigenvalue weighted by molar-refractivity contribution is 0.102. The highest BCUT2D eigenvalue weighted by Gasteiger charge is 2.11. The lowest BCUT2D eigenvalue weighted by atomic mass is 10.1. The molecule has 5 nitrogen and oxygen atoms in total. The topological polar surface area (TPSA) is 58.1 Å². The summed E-state index contributed by atoms with van der Waals surface area (Å²) in [4.78, 5) is 23.2. The second-order valence-corrected chi connectivity index (χ2v) is 6.08. The molecule has 0 saturated carbocycles. The highest BCUT2D eigenvalue weighted by molar-refractivity contribution is 6.02. The van der Waals surface area contributed by atoms with Crippen molar-refractivity contribution in [2.75, 3.05) is 23.3 Å². The van der Waals surface area contributed by atoms with Crippen LogP contribution in [0, 0.1) is 13.8 Å². The van der Waals surface area contributed by atoms with Crippen molar-refractivity contribution in [2.45, 2.75) is 40.5 Å². The second kappa shape index (κ2) is 8.43. The van der Waals surface area contributed by atoms with Gasteiger partial charge in [0.2, 0.25) is 0 Å². The standard InChI is InChI=1S/C19H26N4O/c1-5-7-23(8-6-2)18-13-20-17(12-21-18)19(24)22-16-10-14(3)9-15(4)11-16/h9-13H,5-8H2,1-4H3,(H,22,24). The van der Waals surface area contributed by atoms with E-state index >= 15 is 0 Å². The number of hydrogen-bond acceptors (Lipinski definition) is 4. The van der Waals surface area contributed by atoms with Gasteiger partial charge in [0, 0.05) is 18.8 Å². The van der Waals surface area contributed by atoms with E-state index in [1.54, 1.807) is 12.4 Å². The Morgan fingerprint density at radius 3 is 2.12 bits per heavy atom. The van der Waals surface area contributed by atoms with Crippen LogP contribution in [0.2, 0.25) is 0 Å². The van der Waals surface area contributed by atoms with Gasteiger partial charge in [-0.15, -0.1) is 0 Å². The van der Waals surface area contributed by atoms with Crippen LogP contribution in [0.4, 0.5) is 11.5 Å². The Kier molecular flexibility index (Phi) is 6.29. The zero-order valence-corrected chi connectivity index (χ0v) is 15.0. The molecule has 1 aromatic carbocycles. The number of anilines is 2. The molecule has 0 bridgehead atoms. The highest BCUT2D eigenvalue weighted by Crippen LogP contribution is 2.15. The Morgan fingerprint density at radius 2 is 1.62 bits per heavy atom. The van der Waals surface area contributed by atoms with Crippen molar-refractivity contribution < 1.29 is 4.79 Å². The summed E-state index contributed by atoms with van der Waals surface area (Å²) in [6, 6.07) is 5.95. The fourth-order valence-electron chi connectivity index (χ4n) is 2.72. The quantitative estimate of drug-likeness (QED) is 0.836. The zero-order valence-electron chi connectivity index (χ0n) is 15.0. The number of carbonyl (C=O) groups excluding carboxylic acids is 1. The molecule has 0 aliphatic heterocycles. The summed E-state index contributed by atoms with van der Waals surface area (Å²) >= 11 is 0. The number of nitrogens with zero attached hydrogens (tertiary/aromatic N) is 3. The molecule has 0 aliphatic rings. The van der Waals surface area contributed by atoms with Gasteiger partial charge in [-0.3, -0.25) is 4.79 Å². The first-order valence-corrected chi connectivity index (χ1v) is 8.50. The lowest BCUT2D eigenvalue weighted by Crippen LogP contribution is -2.26. The van der Waals surface area contributed by atoms with Crippen molar-refractivity contribution in [3.8, 4) is 0 Å². The van der Waals surface area contributed by atoms with Gasteiger partial charge in [-0.25, -0.2) is 9.97 Å². The molecule has 5 heteroatoms. The number of aromatic nitrogens is 2. The van der Waals surface area contributed by atoms with Gasteiger partial charge in [-0.05, 0) is 49.9 Å². The van der Waals surface area contributed by atoms with Crippen molar-refractivity contribution in [3.63, 3.8) is 0 Å². The fourth-order valence-corrected chi connectivity index (χ4v) is 2.72. The second-order valence-electron chi connectivity index (χ2n) is 6.08. The molecule has 0 spiro atoms. The van der Waals surface area contributed by atoms with E-state index < -0.39 is 0 Å². The summed E-state index contributed by atoms with van der Waals surface area (Å²) < 4.78 is 0. The predicted molar refractivity (Wildman–Crippen MR) is 98.7 cm³/mol. The number of aryl methyl sites for hydroxylation is 2. The van der Waals surface area contributed by atoms with E-state index in [1.807, 2.05) is 26.0 Å². The summed E-state index contributed by atoms with van der Waals surface area (Å²) in [5.41, 5.74) is 3.33. The molecule has 1 amide bonds. The number of rotatable bonds is 7. The molecule has 0 unspecified atom stereocenters. The lowest BCUT2D eigenvalue weighted by Gasteiger charge is -2.22. The molecule has 1 aromatic heterocycles. The fraction of sp³-hybridized carbons (Fsp3) is 0.421. The molecule has 0 fully saturated rings. The third kappa shape index (κ3) is 4.78. The predicted octanol–water partition coefficient (Wildman–Crippen LogP) is 3.97. The van der Waals surface area contributed by atoms with Gasteiger partial charge < -0.3 is 10.2 Å². The number of amides is 1. The van der Waals surface area contributed by atoms with E-state index in [9.17, 15) is 4.79 Å². The van der Waals surface area contributed by atoms with E-state index in [-0.39, 0.29) is 5.91 Å². The van der Waals surface area contributed by atoms with Crippen LogP contribution in [0.3, 0.4) is 0 Å².